The van der Waals surface area contributed by atoms with Crippen molar-refractivity contribution in [2.75, 3.05) is 26.2 Å². The van der Waals surface area contributed by atoms with Gasteiger partial charge in [0, 0.05) is 36.5 Å². The summed E-state index contributed by atoms with van der Waals surface area (Å²) in [5, 5.41) is 3.43. The Morgan fingerprint density at radius 2 is 2.03 bits per heavy atom. The number of fused-ring (bicyclic) bond motifs is 2. The first-order chi connectivity index (χ1) is 14.8. The molecular formula is C24H27N3OS2. The number of hydrogen-bond acceptors (Lipinski definition) is 5. The molecule has 0 radical (unpaired) electrons. The Hall–Kier alpha value is -1.76. The minimum absolute atomic E-state index is 0.310. The van der Waals surface area contributed by atoms with Gasteiger partial charge in [-0.25, -0.2) is 4.98 Å². The molecule has 1 aliphatic carbocycles. The summed E-state index contributed by atoms with van der Waals surface area (Å²) >= 11 is 3.70. The first kappa shape index (κ1) is 19.0. The Balaban J connectivity index is 1.16. The number of thiophene rings is 1. The van der Waals surface area contributed by atoms with E-state index in [1.54, 1.807) is 16.2 Å². The number of benzene rings is 1. The molecule has 2 aliphatic heterocycles. The highest BCUT2D eigenvalue weighted by molar-refractivity contribution is 7.18. The number of carbonyl (C=O) groups excluding carboxylic acids is 1. The topological polar surface area (TPSA) is 36.4 Å². The quantitative estimate of drug-likeness (QED) is 0.572. The number of likely N-dealkylation sites (tertiary alicyclic amines) is 1. The first-order valence-corrected chi connectivity index (χ1v) is 12.9. The number of amides is 1. The molecule has 1 aromatic carbocycles. The molecule has 4 heterocycles. The molecular weight excluding hydrogens is 410 g/mol. The molecule has 30 heavy (non-hydrogen) atoms. The van der Waals surface area contributed by atoms with Crippen LogP contribution in [0.5, 0.6) is 0 Å². The maximum Gasteiger partial charge on any atom is 0.236 e. The second kappa shape index (κ2) is 7.74. The maximum atomic E-state index is 13.3. The average molecular weight is 438 g/mol. The van der Waals surface area contributed by atoms with Gasteiger partial charge in [0.25, 0.3) is 0 Å². The molecule has 2 fully saturated rings. The van der Waals surface area contributed by atoms with Crippen LogP contribution >= 0.6 is 22.7 Å². The zero-order valence-corrected chi connectivity index (χ0v) is 18.8. The lowest BCUT2D eigenvalue weighted by Crippen LogP contribution is -2.47. The lowest BCUT2D eigenvalue weighted by atomic mass is 9.95. The molecule has 0 bridgehead atoms. The number of rotatable bonds is 4. The lowest BCUT2D eigenvalue weighted by molar-refractivity contribution is -0.134. The van der Waals surface area contributed by atoms with Gasteiger partial charge in [-0.3, -0.25) is 9.69 Å². The Bertz CT molecular complexity index is 1040. The van der Waals surface area contributed by atoms with Crippen LogP contribution in [0, 0.1) is 5.92 Å². The lowest BCUT2D eigenvalue weighted by Gasteiger charge is -2.38. The van der Waals surface area contributed by atoms with Gasteiger partial charge in [-0.1, -0.05) is 12.1 Å². The molecule has 6 heteroatoms. The monoisotopic (exact) mass is 437 g/mol. The van der Waals surface area contributed by atoms with E-state index in [4.69, 9.17) is 4.98 Å². The van der Waals surface area contributed by atoms with Crippen molar-refractivity contribution in [3.8, 4) is 0 Å². The van der Waals surface area contributed by atoms with Crippen LogP contribution in [0.3, 0.4) is 0 Å². The molecule has 2 atom stereocenters. The summed E-state index contributed by atoms with van der Waals surface area (Å²) in [5.41, 5.74) is 2.60. The SMILES string of the molecule is O=C(CN1CCc2sccc2[C@@H]1C1CC1)N1CCC[C@H](c2nc3ccccc3s2)C1. The van der Waals surface area contributed by atoms with Crippen LogP contribution in [-0.4, -0.2) is 46.9 Å². The largest absolute Gasteiger partial charge is 0.341 e. The van der Waals surface area contributed by atoms with Crippen LogP contribution in [0.2, 0.25) is 0 Å². The number of aromatic nitrogens is 1. The molecule has 0 unspecified atom stereocenters. The van der Waals surface area contributed by atoms with Gasteiger partial charge in [0.2, 0.25) is 5.91 Å². The van der Waals surface area contributed by atoms with E-state index >= 15 is 0 Å². The van der Waals surface area contributed by atoms with E-state index in [9.17, 15) is 4.79 Å². The van der Waals surface area contributed by atoms with Gasteiger partial charge in [-0.05, 0) is 67.2 Å². The minimum Gasteiger partial charge on any atom is -0.341 e. The average Bonchev–Trinajstić information content (AvgIpc) is 3.33. The summed E-state index contributed by atoms with van der Waals surface area (Å²) in [6, 6.07) is 11.1. The van der Waals surface area contributed by atoms with Gasteiger partial charge in [0.15, 0.2) is 0 Å². The summed E-state index contributed by atoms with van der Waals surface area (Å²) in [4.78, 5) is 24.4. The van der Waals surface area contributed by atoms with Crippen molar-refractivity contribution in [1.29, 1.82) is 0 Å². The fourth-order valence-corrected chi connectivity index (χ4v) is 7.29. The first-order valence-electron chi connectivity index (χ1n) is 11.2. The van der Waals surface area contributed by atoms with Gasteiger partial charge in [0.05, 0.1) is 21.8 Å². The van der Waals surface area contributed by atoms with Gasteiger partial charge >= 0.3 is 0 Å². The zero-order valence-electron chi connectivity index (χ0n) is 17.1. The van der Waals surface area contributed by atoms with Crippen molar-refractivity contribution in [3.63, 3.8) is 0 Å². The van der Waals surface area contributed by atoms with Crippen molar-refractivity contribution in [2.24, 2.45) is 5.92 Å². The molecule has 2 aromatic heterocycles. The predicted molar refractivity (Wildman–Crippen MR) is 123 cm³/mol. The van der Waals surface area contributed by atoms with Crippen LogP contribution < -0.4 is 0 Å². The number of hydrogen-bond donors (Lipinski definition) is 0. The predicted octanol–water partition coefficient (Wildman–Crippen LogP) is 5.07. The third-order valence-electron chi connectivity index (χ3n) is 6.96. The number of piperidine rings is 1. The highest BCUT2D eigenvalue weighted by atomic mass is 32.1. The van der Waals surface area contributed by atoms with Crippen molar-refractivity contribution >= 4 is 38.8 Å². The fraction of sp³-hybridized carbons (Fsp3) is 0.500. The van der Waals surface area contributed by atoms with Crippen molar-refractivity contribution < 1.29 is 4.79 Å². The van der Waals surface area contributed by atoms with E-state index < -0.39 is 0 Å². The third-order valence-corrected chi connectivity index (χ3v) is 9.15. The van der Waals surface area contributed by atoms with E-state index in [0.29, 0.717) is 24.4 Å². The second-order valence-electron chi connectivity index (χ2n) is 9.00. The molecule has 6 rings (SSSR count). The van der Waals surface area contributed by atoms with E-state index in [2.05, 4.69) is 45.5 Å². The van der Waals surface area contributed by atoms with Gasteiger partial charge in [-0.2, -0.15) is 0 Å². The van der Waals surface area contributed by atoms with Gasteiger partial charge in [0.1, 0.15) is 0 Å². The van der Waals surface area contributed by atoms with E-state index in [-0.39, 0.29) is 0 Å². The summed E-state index contributed by atoms with van der Waals surface area (Å²) < 4.78 is 1.25. The van der Waals surface area contributed by atoms with Crippen LogP contribution in [0.4, 0.5) is 0 Å². The molecule has 1 saturated heterocycles. The molecule has 1 saturated carbocycles. The minimum atomic E-state index is 0.310. The molecule has 1 amide bonds. The number of thiazole rings is 1. The van der Waals surface area contributed by atoms with Gasteiger partial charge < -0.3 is 4.90 Å². The number of nitrogens with zero attached hydrogens (tertiary/aromatic N) is 3. The summed E-state index contributed by atoms with van der Waals surface area (Å²) in [7, 11) is 0. The third kappa shape index (κ3) is 3.49. The highest BCUT2D eigenvalue weighted by Crippen LogP contribution is 2.48. The van der Waals surface area contributed by atoms with Crippen molar-refractivity contribution in [3.05, 3.63) is 51.2 Å². The molecule has 3 aromatic rings. The molecule has 3 aliphatic rings. The van der Waals surface area contributed by atoms with E-state index in [1.807, 2.05) is 11.3 Å². The summed E-state index contributed by atoms with van der Waals surface area (Å²) in [6.45, 7) is 3.31. The van der Waals surface area contributed by atoms with Crippen molar-refractivity contribution in [2.45, 2.75) is 44.1 Å². The van der Waals surface area contributed by atoms with E-state index in [1.165, 1.54) is 28.1 Å². The van der Waals surface area contributed by atoms with Crippen LogP contribution in [0.15, 0.2) is 35.7 Å². The molecule has 0 spiro atoms. The number of carbonyl (C=O) groups is 1. The smallest absolute Gasteiger partial charge is 0.236 e. The van der Waals surface area contributed by atoms with Crippen molar-refractivity contribution in [1.82, 2.24) is 14.8 Å². The Morgan fingerprint density at radius 1 is 1.13 bits per heavy atom. The zero-order chi connectivity index (χ0) is 20.1. The second-order valence-corrected chi connectivity index (χ2v) is 11.1. The Kier molecular flexibility index (Phi) is 4.89. The van der Waals surface area contributed by atoms with Crippen LogP contribution in [-0.2, 0) is 11.2 Å². The number of para-hydroxylation sites is 1. The molecule has 0 N–H and O–H groups in total. The van der Waals surface area contributed by atoms with E-state index in [0.717, 1.165) is 50.3 Å². The normalized spacial score (nSPS) is 24.9. The summed E-state index contributed by atoms with van der Waals surface area (Å²) in [5.74, 6) is 1.44. The highest BCUT2D eigenvalue weighted by Gasteiger charge is 2.41. The van der Waals surface area contributed by atoms with Crippen LogP contribution in [0.25, 0.3) is 10.2 Å². The van der Waals surface area contributed by atoms with Crippen LogP contribution in [0.1, 0.15) is 53.1 Å². The Morgan fingerprint density at radius 3 is 2.90 bits per heavy atom. The summed E-state index contributed by atoms with van der Waals surface area (Å²) in [6.07, 6.45) is 5.93. The standard InChI is InChI=1S/C24H27N3OS2/c28-22(15-27-12-9-20-18(10-13-29-20)23(27)16-7-8-16)26-11-3-4-17(14-26)24-25-19-5-1-2-6-21(19)30-24/h1-2,5-6,10,13,16-17,23H,3-4,7-9,11-12,14-15H2/t17-,23-/m0/s1. The van der Waals surface area contributed by atoms with Gasteiger partial charge in [-0.15, -0.1) is 22.7 Å². The Labute approximate surface area is 185 Å². The fourth-order valence-electron chi connectivity index (χ4n) is 5.28. The molecule has 4 nitrogen and oxygen atoms in total. The maximum absolute atomic E-state index is 13.3. The molecule has 156 valence electrons.